The van der Waals surface area contributed by atoms with Gasteiger partial charge >= 0.3 is 0 Å². The van der Waals surface area contributed by atoms with Crippen LogP contribution in [0.25, 0.3) is 0 Å². The maximum Gasteiger partial charge on any atom is 0.261 e. The number of hydrogen-bond acceptors (Lipinski definition) is 9. The van der Waals surface area contributed by atoms with Crippen LogP contribution in [0.1, 0.15) is 58.4 Å². The van der Waals surface area contributed by atoms with Gasteiger partial charge in [-0.1, -0.05) is 95.7 Å². The number of carbonyl (C=O) groups excluding carboxylic acids is 2. The fourth-order valence-electron chi connectivity index (χ4n) is 7.14. The van der Waals surface area contributed by atoms with Crippen molar-refractivity contribution in [2.75, 3.05) is 20.4 Å². The molecule has 4 aromatic rings. The maximum absolute atomic E-state index is 13.2. The number of fused-ring (bicyclic) bond motifs is 4. The fourth-order valence-corrected chi connectivity index (χ4v) is 7.75. The molecule has 4 aromatic carbocycles. The molecule has 5 N–H and O–H groups in total. The van der Waals surface area contributed by atoms with Crippen LogP contribution in [0.5, 0.6) is 11.5 Å². The number of thioether (sulfide) groups is 1. The number of halogens is 1. The summed E-state index contributed by atoms with van der Waals surface area (Å²) in [5.74, 6) is 1.62. The Balaban J connectivity index is 0.000000190. The average molecular weight is 819 g/mol. The molecule has 0 fully saturated rings. The van der Waals surface area contributed by atoms with Gasteiger partial charge in [-0.25, -0.2) is 9.98 Å². The summed E-state index contributed by atoms with van der Waals surface area (Å²) >= 11 is 1.50. The lowest BCUT2D eigenvalue weighted by molar-refractivity contribution is -0.133. The molecule has 0 aromatic heterocycles. The first-order valence-corrected chi connectivity index (χ1v) is 17.5. The summed E-state index contributed by atoms with van der Waals surface area (Å²) in [6.07, 6.45) is 2.47. The summed E-state index contributed by atoms with van der Waals surface area (Å²) in [4.78, 5) is 38.8. The van der Waals surface area contributed by atoms with Gasteiger partial charge in [0.2, 0.25) is 0 Å². The minimum absolute atomic E-state index is 0. The van der Waals surface area contributed by atoms with Crippen molar-refractivity contribution < 1.29 is 19.1 Å². The molecule has 8 rings (SSSR count). The molecule has 0 radical (unpaired) electrons. The van der Waals surface area contributed by atoms with Gasteiger partial charge in [0, 0.05) is 38.1 Å². The van der Waals surface area contributed by atoms with Gasteiger partial charge in [0.05, 0.1) is 0 Å². The number of aliphatic imine (C=N–C) groups is 2. The standard InChI is InChI=1S/C20H20N2O2S.C19H19N3O2.HI.H3N/c1-13-9-10-16-15(11-13)20(18(23)22(2)19(21-20)25-3)12-17(24-16)14-7-5-4-6-8-14;1-12-8-9-15-14(10-12)19(17(23)22(2)18(20)21-19)11-16(24-15)13-6-4-3-5-7-13;;/h4-11,17H,12H2,1-3H3;3-10,16H,11H2,1-2H3,(H2,20,21);1H;1H3. The van der Waals surface area contributed by atoms with Crippen LogP contribution in [0.3, 0.4) is 0 Å². The summed E-state index contributed by atoms with van der Waals surface area (Å²) in [5.41, 5.74) is 10.00. The molecule has 12 heteroatoms. The van der Waals surface area contributed by atoms with Crippen molar-refractivity contribution in [1.82, 2.24) is 16.0 Å². The second kappa shape index (κ2) is 14.7. The first-order chi connectivity index (χ1) is 23.6. The minimum atomic E-state index is -1.00. The third-order valence-electron chi connectivity index (χ3n) is 9.73. The highest BCUT2D eigenvalue weighted by atomic mass is 127. The maximum atomic E-state index is 13.2. The van der Waals surface area contributed by atoms with E-state index >= 15 is 0 Å². The molecular formula is C39H43IN6O4S. The molecule has 51 heavy (non-hydrogen) atoms. The highest BCUT2D eigenvalue weighted by Crippen LogP contribution is 2.51. The Hall–Kier alpha value is -4.40. The van der Waals surface area contributed by atoms with Crippen molar-refractivity contribution in [3.8, 4) is 11.5 Å². The molecule has 0 aliphatic carbocycles. The van der Waals surface area contributed by atoms with E-state index in [2.05, 4.69) is 4.99 Å². The van der Waals surface area contributed by atoms with Crippen LogP contribution in [0.4, 0.5) is 0 Å². The number of guanidine groups is 1. The Bertz CT molecular complexity index is 2010. The summed E-state index contributed by atoms with van der Waals surface area (Å²) in [6.45, 7) is 4.02. The molecule has 0 bridgehead atoms. The number of likely N-dealkylation sites (N-methyl/N-ethyl adjacent to an activating group) is 2. The second-order valence-electron chi connectivity index (χ2n) is 13.0. The first-order valence-electron chi connectivity index (χ1n) is 16.3. The van der Waals surface area contributed by atoms with Gasteiger partial charge in [0.15, 0.2) is 22.2 Å². The SMILES string of the molecule is CSC1=NC2(CC(c3ccccc3)Oc3ccc(C)cc32)C(=O)N1C.Cc1ccc2c(c1)C1(CC(c3ccccc3)O2)N=C(N)N(C)C1=O.I.N. The molecule has 4 heterocycles. The lowest BCUT2D eigenvalue weighted by Gasteiger charge is -2.37. The van der Waals surface area contributed by atoms with Crippen LogP contribution in [-0.2, 0) is 20.7 Å². The zero-order valence-electron chi connectivity index (χ0n) is 29.3. The number of aryl methyl sites for hydroxylation is 2. The van der Waals surface area contributed by atoms with Crippen LogP contribution in [-0.4, -0.2) is 53.1 Å². The zero-order valence-corrected chi connectivity index (χ0v) is 32.5. The van der Waals surface area contributed by atoms with Gasteiger partial charge in [-0.2, -0.15) is 0 Å². The van der Waals surface area contributed by atoms with E-state index in [4.69, 9.17) is 20.2 Å². The van der Waals surface area contributed by atoms with E-state index in [0.717, 1.165) is 44.3 Å². The third-order valence-corrected chi connectivity index (χ3v) is 10.5. The molecule has 4 atom stereocenters. The number of benzene rings is 4. The molecule has 10 nitrogen and oxygen atoms in total. The Morgan fingerprint density at radius 3 is 1.53 bits per heavy atom. The highest BCUT2D eigenvalue weighted by Gasteiger charge is 2.55. The van der Waals surface area contributed by atoms with Crippen LogP contribution >= 0.6 is 35.7 Å². The summed E-state index contributed by atoms with van der Waals surface area (Å²) in [5, 5.41) is 0.756. The van der Waals surface area contributed by atoms with Gasteiger partial charge in [-0.05, 0) is 55.5 Å². The van der Waals surface area contributed by atoms with Crippen molar-refractivity contribution in [1.29, 1.82) is 0 Å². The summed E-state index contributed by atoms with van der Waals surface area (Å²) in [6, 6.07) is 31.9. The zero-order chi connectivity index (χ0) is 34.5. The predicted octanol–water partition coefficient (Wildman–Crippen LogP) is 7.19. The van der Waals surface area contributed by atoms with Gasteiger partial charge in [0.25, 0.3) is 11.8 Å². The van der Waals surface area contributed by atoms with Crippen LogP contribution < -0.4 is 21.4 Å². The predicted molar refractivity (Wildman–Crippen MR) is 213 cm³/mol. The molecular weight excluding hydrogens is 775 g/mol. The van der Waals surface area contributed by atoms with Gasteiger partial charge in [-0.3, -0.25) is 19.4 Å². The normalized spacial score (nSPS) is 24.2. The number of nitrogens with zero attached hydrogens (tertiary/aromatic N) is 4. The Labute approximate surface area is 320 Å². The summed E-state index contributed by atoms with van der Waals surface area (Å²) < 4.78 is 12.5. The number of amides is 2. The number of ether oxygens (including phenoxy) is 2. The Morgan fingerprint density at radius 2 is 1.14 bits per heavy atom. The Morgan fingerprint density at radius 1 is 0.706 bits per heavy atom. The molecule has 2 amide bonds. The van der Waals surface area contributed by atoms with E-state index in [1.165, 1.54) is 16.7 Å². The van der Waals surface area contributed by atoms with E-state index in [-0.39, 0.29) is 60.1 Å². The van der Waals surface area contributed by atoms with Crippen molar-refractivity contribution in [3.05, 3.63) is 130 Å². The molecule has 0 saturated carbocycles. The van der Waals surface area contributed by atoms with Crippen LogP contribution in [0, 0.1) is 13.8 Å². The number of nitrogens with two attached hydrogens (primary N) is 1. The smallest absolute Gasteiger partial charge is 0.261 e. The quantitative estimate of drug-likeness (QED) is 0.204. The number of rotatable bonds is 2. The fraction of sp³-hybridized carbons (Fsp3) is 0.282. The van der Waals surface area contributed by atoms with Crippen LogP contribution in [0.2, 0.25) is 0 Å². The van der Waals surface area contributed by atoms with E-state index in [9.17, 15) is 9.59 Å². The molecule has 266 valence electrons. The molecule has 4 aliphatic rings. The number of amidine groups is 1. The van der Waals surface area contributed by atoms with Gasteiger partial charge < -0.3 is 21.4 Å². The number of hydrogen-bond donors (Lipinski definition) is 2. The lowest BCUT2D eigenvalue weighted by Crippen LogP contribution is -2.43. The van der Waals surface area contributed by atoms with Gasteiger partial charge in [0.1, 0.15) is 23.7 Å². The largest absolute Gasteiger partial charge is 0.485 e. The topological polar surface area (TPSA) is 145 Å². The van der Waals surface area contributed by atoms with E-state index in [1.54, 1.807) is 19.0 Å². The highest BCUT2D eigenvalue weighted by molar-refractivity contribution is 14.0. The van der Waals surface area contributed by atoms with Crippen molar-refractivity contribution in [3.63, 3.8) is 0 Å². The monoisotopic (exact) mass is 818 g/mol. The molecule has 4 unspecified atom stereocenters. The van der Waals surface area contributed by atoms with Gasteiger partial charge in [-0.15, -0.1) is 24.0 Å². The molecule has 2 spiro atoms. The average Bonchev–Trinajstić information content (AvgIpc) is 3.49. The van der Waals surface area contributed by atoms with E-state index in [1.807, 2.05) is 117 Å². The minimum Gasteiger partial charge on any atom is -0.485 e. The first kappa shape index (κ1) is 37.8. The van der Waals surface area contributed by atoms with Crippen molar-refractivity contribution in [2.45, 2.75) is 50.0 Å². The van der Waals surface area contributed by atoms with Crippen LogP contribution in [0.15, 0.2) is 107 Å². The Kier molecular flexibility index (Phi) is 10.9. The van der Waals surface area contributed by atoms with E-state index < -0.39 is 11.1 Å². The second-order valence-corrected chi connectivity index (χ2v) is 13.7. The van der Waals surface area contributed by atoms with Crippen molar-refractivity contribution in [2.24, 2.45) is 15.7 Å². The molecule has 0 saturated heterocycles. The molecule has 4 aliphatic heterocycles. The summed E-state index contributed by atoms with van der Waals surface area (Å²) in [7, 11) is 3.47. The van der Waals surface area contributed by atoms with Crippen molar-refractivity contribution >= 4 is 58.7 Å². The third kappa shape index (κ3) is 6.49. The van der Waals surface area contributed by atoms with E-state index in [0.29, 0.717) is 18.6 Å². The number of carbonyl (C=O) groups is 2. The lowest BCUT2D eigenvalue weighted by atomic mass is 9.79.